The molecule has 140 valence electrons. The third-order valence-corrected chi connectivity index (χ3v) is 5.78. The van der Waals surface area contributed by atoms with Crippen molar-refractivity contribution in [3.8, 4) is 5.75 Å². The summed E-state index contributed by atoms with van der Waals surface area (Å²) in [6.07, 6.45) is 2.47. The van der Waals surface area contributed by atoms with Crippen LogP contribution in [0.1, 0.15) is 31.4 Å². The third-order valence-electron chi connectivity index (χ3n) is 4.37. The molecule has 6 heteroatoms. The Balaban J connectivity index is 1.79. The lowest BCUT2D eigenvalue weighted by Crippen LogP contribution is -2.36. The van der Waals surface area contributed by atoms with E-state index in [1.165, 1.54) is 4.90 Å². The van der Waals surface area contributed by atoms with Gasteiger partial charge in [0.2, 0.25) is 0 Å². The number of para-hydroxylation sites is 1. The number of benzene rings is 2. The van der Waals surface area contributed by atoms with Gasteiger partial charge in [0.05, 0.1) is 4.91 Å². The first kappa shape index (κ1) is 19.7. The fraction of sp³-hybridized carbons (Fsp3) is 0.238. The molecule has 2 aromatic rings. The van der Waals surface area contributed by atoms with Crippen LogP contribution in [0.3, 0.4) is 0 Å². The number of amides is 2. The predicted octanol–water partition coefficient (Wildman–Crippen LogP) is 5.86. The van der Waals surface area contributed by atoms with Crippen LogP contribution >= 0.6 is 27.7 Å². The first-order valence-corrected chi connectivity index (χ1v) is 10.3. The lowest BCUT2D eigenvalue weighted by molar-refractivity contribution is -0.124. The van der Waals surface area contributed by atoms with Crippen molar-refractivity contribution in [2.24, 2.45) is 0 Å². The summed E-state index contributed by atoms with van der Waals surface area (Å²) in [6, 6.07) is 15.3. The molecule has 2 amide bonds. The minimum absolute atomic E-state index is 0.104. The van der Waals surface area contributed by atoms with Crippen molar-refractivity contribution in [1.82, 2.24) is 4.90 Å². The molecule has 3 rings (SSSR count). The Morgan fingerprint density at radius 2 is 1.85 bits per heavy atom. The number of ether oxygens (including phenoxy) is 1. The van der Waals surface area contributed by atoms with E-state index in [0.717, 1.165) is 33.8 Å². The Kier molecular flexibility index (Phi) is 6.39. The van der Waals surface area contributed by atoms with Gasteiger partial charge in [0, 0.05) is 16.1 Å². The van der Waals surface area contributed by atoms with E-state index >= 15 is 0 Å². The summed E-state index contributed by atoms with van der Waals surface area (Å²) in [6.45, 7) is 4.27. The van der Waals surface area contributed by atoms with Crippen molar-refractivity contribution in [3.05, 3.63) is 69.0 Å². The van der Waals surface area contributed by atoms with Gasteiger partial charge in [-0.25, -0.2) is 0 Å². The van der Waals surface area contributed by atoms with Crippen LogP contribution in [-0.2, 0) is 11.4 Å². The lowest BCUT2D eigenvalue weighted by atomic mass is 10.1. The van der Waals surface area contributed by atoms with Gasteiger partial charge in [0.1, 0.15) is 12.4 Å². The maximum Gasteiger partial charge on any atom is 0.293 e. The fourth-order valence-electron chi connectivity index (χ4n) is 2.66. The largest absolute Gasteiger partial charge is 0.488 e. The number of hydrogen-bond donors (Lipinski definition) is 0. The molecule has 4 nitrogen and oxygen atoms in total. The van der Waals surface area contributed by atoms with E-state index in [2.05, 4.69) is 15.9 Å². The maximum absolute atomic E-state index is 12.6. The van der Waals surface area contributed by atoms with Gasteiger partial charge in [-0.1, -0.05) is 53.2 Å². The van der Waals surface area contributed by atoms with Gasteiger partial charge in [-0.05, 0) is 54.9 Å². The van der Waals surface area contributed by atoms with E-state index in [1.54, 1.807) is 6.08 Å². The van der Waals surface area contributed by atoms with Gasteiger partial charge in [-0.2, -0.15) is 0 Å². The molecular weight excluding hydrogens is 426 g/mol. The summed E-state index contributed by atoms with van der Waals surface area (Å²) < 4.78 is 6.97. The molecule has 0 saturated carbocycles. The van der Waals surface area contributed by atoms with E-state index < -0.39 is 0 Å². The molecule has 1 saturated heterocycles. The molecule has 0 N–H and O–H groups in total. The standard InChI is InChI=1S/C21H20BrNO3S/c1-3-14(2)23-20(24)19(27-21(23)25)12-16-6-4-5-7-18(16)26-13-15-8-10-17(22)11-9-15/h4-12,14H,3,13H2,1-2H3/b19-12+/t14-/m1/s1. The lowest BCUT2D eigenvalue weighted by Gasteiger charge is -2.19. The highest BCUT2D eigenvalue weighted by atomic mass is 79.9. The molecule has 1 fully saturated rings. The van der Waals surface area contributed by atoms with Gasteiger partial charge in [0.15, 0.2) is 0 Å². The quantitative estimate of drug-likeness (QED) is 0.522. The van der Waals surface area contributed by atoms with Crippen molar-refractivity contribution >= 4 is 44.9 Å². The first-order chi connectivity index (χ1) is 13.0. The summed E-state index contributed by atoms with van der Waals surface area (Å²) in [7, 11) is 0. The normalized spacial score (nSPS) is 16.9. The average molecular weight is 446 g/mol. The number of rotatable bonds is 6. The number of halogens is 1. The van der Waals surface area contributed by atoms with E-state index in [4.69, 9.17) is 4.74 Å². The van der Waals surface area contributed by atoms with Gasteiger partial charge in [-0.15, -0.1) is 0 Å². The smallest absolute Gasteiger partial charge is 0.293 e. The van der Waals surface area contributed by atoms with Crippen LogP contribution < -0.4 is 4.74 Å². The van der Waals surface area contributed by atoms with Gasteiger partial charge >= 0.3 is 0 Å². The molecule has 1 aliphatic heterocycles. The first-order valence-electron chi connectivity index (χ1n) is 8.73. The molecule has 1 heterocycles. The Hall–Kier alpha value is -2.05. The number of thioether (sulfide) groups is 1. The topological polar surface area (TPSA) is 46.6 Å². The number of carbonyl (C=O) groups is 2. The van der Waals surface area contributed by atoms with Crippen molar-refractivity contribution in [1.29, 1.82) is 0 Å². The highest BCUT2D eigenvalue weighted by Crippen LogP contribution is 2.35. The van der Waals surface area contributed by atoms with Crippen LogP contribution in [-0.4, -0.2) is 22.1 Å². The molecule has 0 aliphatic carbocycles. The van der Waals surface area contributed by atoms with Gasteiger partial charge in [0.25, 0.3) is 11.1 Å². The second-order valence-corrected chi connectivity index (χ2v) is 8.17. The van der Waals surface area contributed by atoms with Crippen LogP contribution in [0.5, 0.6) is 5.75 Å². The molecule has 0 unspecified atom stereocenters. The van der Waals surface area contributed by atoms with E-state index in [9.17, 15) is 9.59 Å². The van der Waals surface area contributed by atoms with Gasteiger partial charge in [-0.3, -0.25) is 14.5 Å². The number of carbonyl (C=O) groups excluding carboxylic acids is 2. The average Bonchev–Trinajstić information content (AvgIpc) is 2.95. The molecule has 0 aromatic heterocycles. The van der Waals surface area contributed by atoms with E-state index in [1.807, 2.05) is 62.4 Å². The Labute approximate surface area is 171 Å². The molecule has 1 aliphatic rings. The monoisotopic (exact) mass is 445 g/mol. The number of imide groups is 1. The maximum atomic E-state index is 12.6. The summed E-state index contributed by atoms with van der Waals surface area (Å²) in [5, 5.41) is -0.214. The second-order valence-electron chi connectivity index (χ2n) is 6.26. The highest BCUT2D eigenvalue weighted by molar-refractivity contribution is 9.10. The van der Waals surface area contributed by atoms with Crippen LogP contribution in [0.2, 0.25) is 0 Å². The zero-order chi connectivity index (χ0) is 19.4. The minimum Gasteiger partial charge on any atom is -0.488 e. The molecule has 0 radical (unpaired) electrons. The summed E-state index contributed by atoms with van der Waals surface area (Å²) in [4.78, 5) is 26.6. The zero-order valence-corrected chi connectivity index (χ0v) is 17.5. The molecule has 0 spiro atoms. The SMILES string of the molecule is CC[C@@H](C)N1C(=O)S/C(=C/c2ccccc2OCc2ccc(Br)cc2)C1=O. The summed E-state index contributed by atoms with van der Waals surface area (Å²) in [5.74, 6) is 0.442. The fourth-order valence-corrected chi connectivity index (χ4v) is 3.84. The number of hydrogen-bond acceptors (Lipinski definition) is 4. The van der Waals surface area contributed by atoms with Gasteiger partial charge < -0.3 is 4.74 Å². The predicted molar refractivity (Wildman–Crippen MR) is 112 cm³/mol. The second kappa shape index (κ2) is 8.76. The van der Waals surface area contributed by atoms with E-state index in [0.29, 0.717) is 17.3 Å². The van der Waals surface area contributed by atoms with Crippen LogP contribution in [0.4, 0.5) is 4.79 Å². The van der Waals surface area contributed by atoms with Crippen molar-refractivity contribution < 1.29 is 14.3 Å². The minimum atomic E-state index is -0.234. The molecule has 1 atom stereocenters. The van der Waals surface area contributed by atoms with Crippen LogP contribution in [0.25, 0.3) is 6.08 Å². The molecule has 27 heavy (non-hydrogen) atoms. The van der Waals surface area contributed by atoms with Crippen LogP contribution in [0.15, 0.2) is 57.9 Å². The Morgan fingerprint density at radius 1 is 1.15 bits per heavy atom. The Morgan fingerprint density at radius 3 is 2.56 bits per heavy atom. The van der Waals surface area contributed by atoms with Crippen LogP contribution in [0, 0.1) is 0 Å². The number of nitrogens with zero attached hydrogens (tertiary/aromatic N) is 1. The Bertz CT molecular complexity index is 879. The third kappa shape index (κ3) is 4.62. The summed E-state index contributed by atoms with van der Waals surface area (Å²) >= 11 is 4.40. The molecule has 0 bridgehead atoms. The molecular formula is C21H20BrNO3S. The molecule has 2 aromatic carbocycles. The van der Waals surface area contributed by atoms with E-state index in [-0.39, 0.29) is 17.2 Å². The highest BCUT2D eigenvalue weighted by Gasteiger charge is 2.37. The van der Waals surface area contributed by atoms with Crippen molar-refractivity contribution in [2.45, 2.75) is 32.9 Å². The zero-order valence-electron chi connectivity index (χ0n) is 15.1. The van der Waals surface area contributed by atoms with Crippen molar-refractivity contribution in [2.75, 3.05) is 0 Å². The summed E-state index contributed by atoms with van der Waals surface area (Å²) in [5.41, 5.74) is 1.83. The van der Waals surface area contributed by atoms with Crippen molar-refractivity contribution in [3.63, 3.8) is 0 Å².